The van der Waals surface area contributed by atoms with Gasteiger partial charge in [-0.1, -0.05) is 18.2 Å². The van der Waals surface area contributed by atoms with E-state index in [2.05, 4.69) is 67.4 Å². The van der Waals surface area contributed by atoms with Crippen LogP contribution in [0.15, 0.2) is 41.0 Å². The van der Waals surface area contributed by atoms with E-state index in [0.29, 0.717) is 0 Å². The SMILES string of the molecule is Cc1nc(Br)cc(NCCCN(C)c2ccccc2)n1. The first kappa shape index (κ1) is 14.8. The second-order valence-corrected chi connectivity index (χ2v) is 5.47. The van der Waals surface area contributed by atoms with Gasteiger partial charge < -0.3 is 10.2 Å². The normalized spacial score (nSPS) is 10.3. The molecular weight excluding hydrogens is 316 g/mol. The lowest BCUT2D eigenvalue weighted by Crippen LogP contribution is -2.20. The van der Waals surface area contributed by atoms with Crippen LogP contribution in [0.4, 0.5) is 11.5 Å². The van der Waals surface area contributed by atoms with Crippen molar-refractivity contribution < 1.29 is 0 Å². The molecule has 0 aliphatic rings. The highest BCUT2D eigenvalue weighted by Gasteiger charge is 2.01. The fraction of sp³-hybridized carbons (Fsp3) is 0.333. The van der Waals surface area contributed by atoms with Gasteiger partial charge in [0.1, 0.15) is 16.2 Å². The summed E-state index contributed by atoms with van der Waals surface area (Å²) in [6.45, 7) is 3.78. The molecule has 5 heteroatoms. The van der Waals surface area contributed by atoms with Crippen LogP contribution in [-0.2, 0) is 0 Å². The minimum atomic E-state index is 0.767. The Morgan fingerprint density at radius 3 is 2.65 bits per heavy atom. The van der Waals surface area contributed by atoms with Gasteiger partial charge in [0.15, 0.2) is 0 Å². The third-order valence-electron chi connectivity index (χ3n) is 2.98. The average molecular weight is 335 g/mol. The van der Waals surface area contributed by atoms with Crippen LogP contribution in [0.3, 0.4) is 0 Å². The molecule has 0 atom stereocenters. The highest BCUT2D eigenvalue weighted by molar-refractivity contribution is 9.10. The number of halogens is 1. The Morgan fingerprint density at radius 2 is 1.95 bits per heavy atom. The molecule has 2 aromatic rings. The van der Waals surface area contributed by atoms with E-state index in [9.17, 15) is 0 Å². The lowest BCUT2D eigenvalue weighted by molar-refractivity contribution is 0.812. The van der Waals surface area contributed by atoms with Gasteiger partial charge in [0.25, 0.3) is 0 Å². The Hall–Kier alpha value is -1.62. The summed E-state index contributed by atoms with van der Waals surface area (Å²) in [5, 5.41) is 3.33. The van der Waals surface area contributed by atoms with Crippen molar-refractivity contribution in [2.45, 2.75) is 13.3 Å². The second-order valence-electron chi connectivity index (χ2n) is 4.66. The van der Waals surface area contributed by atoms with Crippen molar-refractivity contribution in [3.63, 3.8) is 0 Å². The maximum atomic E-state index is 4.34. The molecule has 4 nitrogen and oxygen atoms in total. The topological polar surface area (TPSA) is 41.1 Å². The lowest BCUT2D eigenvalue weighted by atomic mass is 10.3. The van der Waals surface area contributed by atoms with E-state index in [4.69, 9.17) is 0 Å². The van der Waals surface area contributed by atoms with Crippen molar-refractivity contribution in [3.05, 3.63) is 46.8 Å². The molecule has 2 rings (SSSR count). The summed E-state index contributed by atoms with van der Waals surface area (Å²) in [5.74, 6) is 1.63. The Kier molecular flexibility index (Phi) is 5.35. The van der Waals surface area contributed by atoms with E-state index in [-0.39, 0.29) is 0 Å². The number of anilines is 2. The van der Waals surface area contributed by atoms with Gasteiger partial charge in [-0.05, 0) is 41.4 Å². The fourth-order valence-electron chi connectivity index (χ4n) is 1.97. The van der Waals surface area contributed by atoms with Gasteiger partial charge in [0.2, 0.25) is 0 Å². The van der Waals surface area contributed by atoms with E-state index in [1.807, 2.05) is 19.1 Å². The number of rotatable bonds is 6. The molecule has 0 aliphatic heterocycles. The first-order valence-corrected chi connectivity index (χ1v) is 7.46. The summed E-state index contributed by atoms with van der Waals surface area (Å²) < 4.78 is 0.814. The van der Waals surface area contributed by atoms with Gasteiger partial charge >= 0.3 is 0 Å². The molecular formula is C15H19BrN4. The van der Waals surface area contributed by atoms with Crippen molar-refractivity contribution in [1.29, 1.82) is 0 Å². The Labute approximate surface area is 128 Å². The molecule has 106 valence electrons. The smallest absolute Gasteiger partial charge is 0.130 e. The number of aryl methyl sites for hydroxylation is 1. The maximum Gasteiger partial charge on any atom is 0.130 e. The van der Waals surface area contributed by atoms with Crippen molar-refractivity contribution in [1.82, 2.24) is 9.97 Å². The molecule has 1 aromatic heterocycles. The molecule has 0 fully saturated rings. The number of hydrogen-bond donors (Lipinski definition) is 1. The summed E-state index contributed by atoms with van der Waals surface area (Å²) in [7, 11) is 2.11. The van der Waals surface area contributed by atoms with Crippen molar-refractivity contribution >= 4 is 27.4 Å². The van der Waals surface area contributed by atoms with Gasteiger partial charge in [0.05, 0.1) is 0 Å². The Morgan fingerprint density at radius 1 is 1.20 bits per heavy atom. The van der Waals surface area contributed by atoms with Gasteiger partial charge in [-0.25, -0.2) is 9.97 Å². The largest absolute Gasteiger partial charge is 0.375 e. The molecule has 0 amide bonds. The number of nitrogens with zero attached hydrogens (tertiary/aromatic N) is 3. The molecule has 1 aromatic carbocycles. The zero-order valence-corrected chi connectivity index (χ0v) is 13.4. The second kappa shape index (κ2) is 7.24. The maximum absolute atomic E-state index is 4.34. The number of benzene rings is 1. The highest BCUT2D eigenvalue weighted by atomic mass is 79.9. The summed E-state index contributed by atoms with van der Waals surface area (Å²) in [6, 6.07) is 12.3. The van der Waals surface area contributed by atoms with Crippen LogP contribution in [0.25, 0.3) is 0 Å². The quantitative estimate of drug-likeness (QED) is 0.648. The predicted molar refractivity (Wildman–Crippen MR) is 87.3 cm³/mol. The number of para-hydroxylation sites is 1. The predicted octanol–water partition coefficient (Wildman–Crippen LogP) is 3.49. The van der Waals surface area contributed by atoms with Crippen LogP contribution in [-0.4, -0.2) is 30.1 Å². The Balaban J connectivity index is 1.76. The molecule has 0 unspecified atom stereocenters. The summed E-state index contributed by atoms with van der Waals surface area (Å²) >= 11 is 3.38. The average Bonchev–Trinajstić information content (AvgIpc) is 2.43. The standard InChI is InChI=1S/C15H19BrN4/c1-12-18-14(16)11-15(19-12)17-9-6-10-20(2)13-7-4-3-5-8-13/h3-5,7-8,11H,6,9-10H2,1-2H3,(H,17,18,19). The van der Waals surface area contributed by atoms with Crippen LogP contribution in [0, 0.1) is 6.92 Å². The van der Waals surface area contributed by atoms with Crippen molar-refractivity contribution in [3.8, 4) is 0 Å². The molecule has 0 aliphatic carbocycles. The molecule has 20 heavy (non-hydrogen) atoms. The zero-order chi connectivity index (χ0) is 14.4. The molecule has 1 N–H and O–H groups in total. The van der Waals surface area contributed by atoms with E-state index in [1.54, 1.807) is 0 Å². The van der Waals surface area contributed by atoms with Crippen molar-refractivity contribution in [2.75, 3.05) is 30.4 Å². The molecule has 0 spiro atoms. The van der Waals surface area contributed by atoms with Gasteiger partial charge in [-0.2, -0.15) is 0 Å². The van der Waals surface area contributed by atoms with E-state index in [1.165, 1.54) is 5.69 Å². The molecule has 0 radical (unpaired) electrons. The monoisotopic (exact) mass is 334 g/mol. The Bertz CT molecular complexity index is 525. The first-order valence-electron chi connectivity index (χ1n) is 6.66. The molecule has 0 saturated heterocycles. The fourth-order valence-corrected chi connectivity index (χ4v) is 2.44. The highest BCUT2D eigenvalue weighted by Crippen LogP contribution is 2.13. The molecule has 0 saturated carbocycles. The molecule has 0 bridgehead atoms. The lowest BCUT2D eigenvalue weighted by Gasteiger charge is -2.19. The summed E-state index contributed by atoms with van der Waals surface area (Å²) in [6.07, 6.45) is 1.05. The van der Waals surface area contributed by atoms with Crippen LogP contribution in [0.2, 0.25) is 0 Å². The van der Waals surface area contributed by atoms with Gasteiger partial charge in [-0.15, -0.1) is 0 Å². The third-order valence-corrected chi connectivity index (χ3v) is 3.39. The summed E-state index contributed by atoms with van der Waals surface area (Å²) in [5.41, 5.74) is 1.24. The molecule has 1 heterocycles. The van der Waals surface area contributed by atoms with Crippen LogP contribution in [0.5, 0.6) is 0 Å². The van der Waals surface area contributed by atoms with E-state index >= 15 is 0 Å². The zero-order valence-electron chi connectivity index (χ0n) is 11.8. The van der Waals surface area contributed by atoms with Crippen LogP contribution >= 0.6 is 15.9 Å². The van der Waals surface area contributed by atoms with Crippen LogP contribution in [0.1, 0.15) is 12.2 Å². The number of aromatic nitrogens is 2. The van der Waals surface area contributed by atoms with E-state index in [0.717, 1.165) is 35.8 Å². The third kappa shape index (κ3) is 4.49. The van der Waals surface area contributed by atoms with Gasteiger partial charge in [-0.3, -0.25) is 0 Å². The first-order chi connectivity index (χ1) is 9.65. The van der Waals surface area contributed by atoms with Crippen molar-refractivity contribution in [2.24, 2.45) is 0 Å². The minimum absolute atomic E-state index is 0.767. The minimum Gasteiger partial charge on any atom is -0.375 e. The van der Waals surface area contributed by atoms with E-state index < -0.39 is 0 Å². The van der Waals surface area contributed by atoms with Crippen LogP contribution < -0.4 is 10.2 Å². The van der Waals surface area contributed by atoms with Gasteiger partial charge in [0, 0.05) is 31.9 Å². The number of hydrogen-bond acceptors (Lipinski definition) is 4. The number of nitrogens with one attached hydrogen (secondary N) is 1. The summed E-state index contributed by atoms with van der Waals surface area (Å²) in [4.78, 5) is 10.8.